The number of aliphatic carboxylic acids is 1. The maximum absolute atomic E-state index is 13.4. The first kappa shape index (κ1) is 29.6. The molecule has 3 amide bonds. The number of para-hydroxylation sites is 1. The molecule has 3 aromatic carbocycles. The molecule has 10 nitrogen and oxygen atoms in total. The SMILES string of the molecule is CC(C)(C)OC(=O)CN(C(=O)CNC(=O)Nc1cccc(CC(=O)O)c1)c1ccccc1C(=O)c1ccccc1. The lowest BCUT2D eigenvalue weighted by Gasteiger charge is -2.27. The van der Waals surface area contributed by atoms with E-state index in [1.54, 1.807) is 93.6 Å². The number of esters is 1. The summed E-state index contributed by atoms with van der Waals surface area (Å²) in [5.74, 6) is -2.70. The van der Waals surface area contributed by atoms with Gasteiger partial charge >= 0.3 is 18.0 Å². The quantitative estimate of drug-likeness (QED) is 0.258. The number of rotatable bonds is 10. The number of carbonyl (C=O) groups excluding carboxylic acids is 4. The van der Waals surface area contributed by atoms with Gasteiger partial charge in [-0.2, -0.15) is 0 Å². The summed E-state index contributed by atoms with van der Waals surface area (Å²) in [6.45, 7) is 4.09. The molecule has 0 aliphatic rings. The lowest BCUT2D eigenvalue weighted by atomic mass is 10.0. The predicted octanol–water partition coefficient (Wildman–Crippen LogP) is 4.04. The monoisotopic (exact) mass is 545 g/mol. The number of nitrogens with zero attached hydrogens (tertiary/aromatic N) is 1. The minimum absolute atomic E-state index is 0.191. The molecule has 10 heteroatoms. The van der Waals surface area contributed by atoms with Gasteiger partial charge in [0, 0.05) is 16.8 Å². The van der Waals surface area contributed by atoms with Crippen molar-refractivity contribution < 1.29 is 33.8 Å². The second-order valence-corrected chi connectivity index (χ2v) is 9.86. The van der Waals surface area contributed by atoms with Gasteiger partial charge in [0.05, 0.1) is 18.7 Å². The van der Waals surface area contributed by atoms with Crippen LogP contribution in [0.4, 0.5) is 16.2 Å². The van der Waals surface area contributed by atoms with Crippen LogP contribution in [0.15, 0.2) is 78.9 Å². The molecule has 0 bridgehead atoms. The number of hydrogen-bond acceptors (Lipinski definition) is 6. The summed E-state index contributed by atoms with van der Waals surface area (Å²) in [5, 5.41) is 14.0. The van der Waals surface area contributed by atoms with Gasteiger partial charge in [-0.3, -0.25) is 24.1 Å². The molecule has 0 aliphatic heterocycles. The number of carbonyl (C=O) groups is 5. The first-order valence-electron chi connectivity index (χ1n) is 12.5. The summed E-state index contributed by atoms with van der Waals surface area (Å²) in [6.07, 6.45) is -0.212. The van der Waals surface area contributed by atoms with Crippen molar-refractivity contribution in [2.24, 2.45) is 0 Å². The summed E-state index contributed by atoms with van der Waals surface area (Å²) in [4.78, 5) is 64.0. The van der Waals surface area contributed by atoms with E-state index in [1.165, 1.54) is 6.07 Å². The number of carboxylic acid groups (broad SMARTS) is 1. The molecule has 3 rings (SSSR count). The summed E-state index contributed by atoms with van der Waals surface area (Å²) in [6, 6.07) is 20.5. The third-order valence-electron chi connectivity index (χ3n) is 5.42. The fourth-order valence-corrected chi connectivity index (χ4v) is 3.82. The molecule has 0 heterocycles. The van der Waals surface area contributed by atoms with Gasteiger partial charge in [0.1, 0.15) is 12.1 Å². The van der Waals surface area contributed by atoms with Crippen LogP contribution < -0.4 is 15.5 Å². The van der Waals surface area contributed by atoms with Crippen molar-refractivity contribution >= 4 is 41.0 Å². The Labute approximate surface area is 231 Å². The summed E-state index contributed by atoms with van der Waals surface area (Å²) >= 11 is 0. The van der Waals surface area contributed by atoms with E-state index in [-0.39, 0.29) is 23.5 Å². The molecular formula is C30H31N3O7. The van der Waals surface area contributed by atoms with Gasteiger partial charge in [0.2, 0.25) is 5.91 Å². The highest BCUT2D eigenvalue weighted by Gasteiger charge is 2.27. The van der Waals surface area contributed by atoms with Crippen LogP contribution in [0.25, 0.3) is 0 Å². The third-order valence-corrected chi connectivity index (χ3v) is 5.42. The van der Waals surface area contributed by atoms with Gasteiger partial charge in [-0.1, -0.05) is 54.6 Å². The minimum atomic E-state index is -1.01. The molecule has 0 radical (unpaired) electrons. The first-order chi connectivity index (χ1) is 18.9. The molecule has 208 valence electrons. The molecule has 0 atom stereocenters. The van der Waals surface area contributed by atoms with Crippen molar-refractivity contribution in [3.05, 3.63) is 95.6 Å². The maximum atomic E-state index is 13.4. The van der Waals surface area contributed by atoms with Crippen molar-refractivity contribution in [1.82, 2.24) is 5.32 Å². The Bertz CT molecular complexity index is 1400. The highest BCUT2D eigenvalue weighted by Crippen LogP contribution is 2.24. The van der Waals surface area contributed by atoms with Gasteiger partial charge in [-0.25, -0.2) is 4.79 Å². The lowest BCUT2D eigenvalue weighted by molar-refractivity contribution is -0.153. The average Bonchev–Trinajstić information content (AvgIpc) is 2.89. The van der Waals surface area contributed by atoms with Crippen molar-refractivity contribution in [3.8, 4) is 0 Å². The largest absolute Gasteiger partial charge is 0.481 e. The van der Waals surface area contributed by atoms with Crippen LogP contribution in [0.2, 0.25) is 0 Å². The second-order valence-electron chi connectivity index (χ2n) is 9.86. The number of benzene rings is 3. The van der Waals surface area contributed by atoms with E-state index in [9.17, 15) is 24.0 Å². The summed E-state index contributed by atoms with van der Waals surface area (Å²) in [5.41, 5.74) is 0.819. The zero-order valence-corrected chi connectivity index (χ0v) is 22.5. The molecular weight excluding hydrogens is 514 g/mol. The molecule has 3 N–H and O–H groups in total. The molecule has 0 spiro atoms. The van der Waals surface area contributed by atoms with Crippen LogP contribution in [-0.4, -0.2) is 53.5 Å². The van der Waals surface area contributed by atoms with Crippen LogP contribution >= 0.6 is 0 Å². The number of ether oxygens (including phenoxy) is 1. The number of anilines is 2. The molecule has 0 fully saturated rings. The Balaban J connectivity index is 1.81. The van der Waals surface area contributed by atoms with Gasteiger partial charge in [0.25, 0.3) is 0 Å². The Morgan fingerprint density at radius 1 is 0.875 bits per heavy atom. The maximum Gasteiger partial charge on any atom is 0.326 e. The predicted molar refractivity (Wildman–Crippen MR) is 149 cm³/mol. The normalized spacial score (nSPS) is 10.8. The van der Waals surface area contributed by atoms with Crippen LogP contribution in [0.3, 0.4) is 0 Å². The van der Waals surface area contributed by atoms with Crippen LogP contribution in [0.1, 0.15) is 42.3 Å². The number of hydrogen-bond donors (Lipinski definition) is 3. The Hall–Kier alpha value is -4.99. The topological polar surface area (TPSA) is 142 Å². The van der Waals surface area contributed by atoms with Crippen molar-refractivity contribution in [2.75, 3.05) is 23.3 Å². The molecule has 0 saturated carbocycles. The zero-order chi connectivity index (χ0) is 29.3. The smallest absolute Gasteiger partial charge is 0.326 e. The van der Waals surface area contributed by atoms with Gasteiger partial charge in [0.15, 0.2) is 5.78 Å². The van der Waals surface area contributed by atoms with Crippen LogP contribution in [0.5, 0.6) is 0 Å². The van der Waals surface area contributed by atoms with Crippen LogP contribution in [-0.2, 0) is 25.5 Å². The van der Waals surface area contributed by atoms with Crippen molar-refractivity contribution in [2.45, 2.75) is 32.8 Å². The van der Waals surface area contributed by atoms with E-state index in [0.717, 1.165) is 4.90 Å². The fraction of sp³-hybridized carbons (Fsp3) is 0.233. The zero-order valence-electron chi connectivity index (χ0n) is 22.5. The molecule has 0 aliphatic carbocycles. The molecule has 0 unspecified atom stereocenters. The summed E-state index contributed by atoms with van der Waals surface area (Å²) in [7, 11) is 0. The lowest BCUT2D eigenvalue weighted by Crippen LogP contribution is -2.45. The van der Waals surface area contributed by atoms with Gasteiger partial charge in [-0.15, -0.1) is 0 Å². The first-order valence-corrected chi connectivity index (χ1v) is 12.5. The van der Waals surface area contributed by atoms with E-state index in [1.807, 2.05) is 0 Å². The van der Waals surface area contributed by atoms with E-state index < -0.39 is 42.6 Å². The fourth-order valence-electron chi connectivity index (χ4n) is 3.82. The number of nitrogens with one attached hydrogen (secondary N) is 2. The van der Waals surface area contributed by atoms with Crippen LogP contribution in [0, 0.1) is 0 Å². The average molecular weight is 546 g/mol. The minimum Gasteiger partial charge on any atom is -0.481 e. The van der Waals surface area contributed by atoms with Gasteiger partial charge in [-0.05, 0) is 50.6 Å². The number of carboxylic acids is 1. The Kier molecular flexibility index (Phi) is 9.75. The van der Waals surface area contributed by atoms with E-state index in [0.29, 0.717) is 16.8 Å². The molecule has 40 heavy (non-hydrogen) atoms. The van der Waals surface area contributed by atoms with E-state index in [2.05, 4.69) is 10.6 Å². The Morgan fingerprint density at radius 3 is 2.23 bits per heavy atom. The van der Waals surface area contributed by atoms with E-state index >= 15 is 0 Å². The molecule has 0 saturated heterocycles. The highest BCUT2D eigenvalue weighted by atomic mass is 16.6. The van der Waals surface area contributed by atoms with E-state index in [4.69, 9.17) is 9.84 Å². The standard InChI is InChI=1S/C30H31N3O7/c1-30(2,3)40-27(37)19-33(24-15-8-7-14-23(24)28(38)21-11-5-4-6-12-21)25(34)18-31-29(39)32-22-13-9-10-20(16-22)17-26(35)36/h4-16H,17-19H2,1-3H3,(H,35,36)(H2,31,32,39). The molecule has 3 aromatic rings. The Morgan fingerprint density at radius 2 is 1.55 bits per heavy atom. The van der Waals surface area contributed by atoms with Crippen molar-refractivity contribution in [3.63, 3.8) is 0 Å². The number of urea groups is 1. The second kappa shape index (κ2) is 13.2. The van der Waals surface area contributed by atoms with Crippen molar-refractivity contribution in [1.29, 1.82) is 0 Å². The molecule has 0 aromatic heterocycles. The van der Waals surface area contributed by atoms with Gasteiger partial charge < -0.3 is 20.5 Å². The third kappa shape index (κ3) is 8.80. The number of ketones is 1. The highest BCUT2D eigenvalue weighted by molar-refractivity contribution is 6.15. The number of amides is 3. The summed E-state index contributed by atoms with van der Waals surface area (Å²) < 4.78 is 5.41.